The van der Waals surface area contributed by atoms with E-state index in [4.69, 9.17) is 9.84 Å². The monoisotopic (exact) mass is 440 g/mol. The summed E-state index contributed by atoms with van der Waals surface area (Å²) in [4.78, 5) is 0. The van der Waals surface area contributed by atoms with E-state index in [1.807, 2.05) is 6.92 Å². The molecule has 0 aromatic heterocycles. The van der Waals surface area contributed by atoms with Gasteiger partial charge in [0.15, 0.2) is 0 Å². The topological polar surface area (TPSA) is 41.5 Å². The van der Waals surface area contributed by atoms with Crippen LogP contribution in [-0.4, -0.2) is 23.9 Å². The number of hydrogen-bond donors (Lipinski definition) is 2. The van der Waals surface area contributed by atoms with E-state index < -0.39 is 0 Å². The van der Waals surface area contributed by atoms with Gasteiger partial charge in [0.25, 0.3) is 0 Å². The molecule has 0 heterocycles. The Hall–Kier alpha value is -0.966. The summed E-state index contributed by atoms with van der Waals surface area (Å²) in [6, 6.07) is 12.9. The molecule has 3 nitrogen and oxygen atoms in total. The van der Waals surface area contributed by atoms with E-state index >= 15 is 0 Å². The third-order valence-electron chi connectivity index (χ3n) is 4.23. The number of hydrogen-bond acceptors (Lipinski definition) is 3. The van der Waals surface area contributed by atoms with E-state index in [0.29, 0.717) is 6.61 Å². The number of aliphatic hydroxyl groups excluding tert-OH is 1. The molecule has 3 rings (SSSR count). The Kier molecular flexibility index (Phi) is 8.46. The zero-order chi connectivity index (χ0) is 18.2. The van der Waals surface area contributed by atoms with Gasteiger partial charge in [0.1, 0.15) is 0 Å². The van der Waals surface area contributed by atoms with Gasteiger partial charge in [0.2, 0.25) is 0 Å². The van der Waals surface area contributed by atoms with Crippen LogP contribution in [0.15, 0.2) is 36.4 Å². The third kappa shape index (κ3) is 4.91. The maximum Gasteiger partial charge on any atom is -1.00 e. The van der Waals surface area contributed by atoms with Crippen molar-refractivity contribution in [1.29, 1.82) is 0 Å². The maximum atomic E-state index is 9.08. The van der Waals surface area contributed by atoms with Gasteiger partial charge in [-0.2, -0.15) is 0 Å². The van der Waals surface area contributed by atoms with E-state index in [1.54, 1.807) is 0 Å². The fourth-order valence-corrected chi connectivity index (χ4v) is 3.98. The standard InChI is InChI=1S/C21H24NO2.2ClH.Ti/c1-14(24-12-11-23)16-9-10-18-17-8-6-5-7-15(17)13-19(18)20(16)22-21(2,3)4;;;/h5-10,22-23H,11-12H2,1-4H3;2*1H;/q;;;+2/p-2. The van der Waals surface area contributed by atoms with Crippen LogP contribution >= 0.6 is 0 Å². The summed E-state index contributed by atoms with van der Waals surface area (Å²) >= 11 is 2.19. The predicted molar refractivity (Wildman–Crippen MR) is 97.8 cm³/mol. The zero-order valence-electron chi connectivity index (χ0n) is 16.0. The molecule has 0 atom stereocenters. The first-order valence-corrected chi connectivity index (χ1v) is 9.33. The molecule has 143 valence electrons. The van der Waals surface area contributed by atoms with Gasteiger partial charge in [-0.1, -0.05) is 0 Å². The molecule has 0 amide bonds. The zero-order valence-corrected chi connectivity index (χ0v) is 19.1. The Morgan fingerprint density at radius 3 is 2.26 bits per heavy atom. The van der Waals surface area contributed by atoms with Crippen LogP contribution in [-0.2, 0) is 25.2 Å². The number of anilines is 1. The van der Waals surface area contributed by atoms with E-state index in [0.717, 1.165) is 16.7 Å². The van der Waals surface area contributed by atoms with Crippen LogP contribution in [0.4, 0.5) is 5.69 Å². The number of rotatable bonds is 4. The molecule has 27 heavy (non-hydrogen) atoms. The van der Waals surface area contributed by atoms with Crippen LogP contribution < -0.4 is 40.6 Å². The average Bonchev–Trinajstić information content (AvgIpc) is 2.85. The van der Waals surface area contributed by atoms with Crippen molar-refractivity contribution in [1.82, 2.24) is 0 Å². The summed E-state index contributed by atoms with van der Waals surface area (Å²) in [7, 11) is 0. The second-order valence-corrected chi connectivity index (χ2v) is 8.12. The number of halogens is 2. The molecule has 0 fully saturated rings. The van der Waals surface area contributed by atoms with Crippen LogP contribution in [0.5, 0.6) is 0 Å². The Morgan fingerprint density at radius 2 is 1.67 bits per heavy atom. The second-order valence-electron chi connectivity index (χ2n) is 7.33. The first-order valence-electron chi connectivity index (χ1n) is 8.55. The van der Waals surface area contributed by atoms with Crippen LogP contribution in [0.3, 0.4) is 0 Å². The first kappa shape index (κ1) is 24.1. The van der Waals surface area contributed by atoms with Crippen molar-refractivity contribution in [3.63, 3.8) is 0 Å². The summed E-state index contributed by atoms with van der Waals surface area (Å²) in [5.74, 6) is 0.826. The Morgan fingerprint density at radius 1 is 1.04 bits per heavy atom. The van der Waals surface area contributed by atoms with Crippen LogP contribution in [0.1, 0.15) is 33.3 Å². The summed E-state index contributed by atoms with van der Waals surface area (Å²) < 4.78 is 7.01. The molecule has 0 saturated carbocycles. The van der Waals surface area contributed by atoms with Crippen molar-refractivity contribution in [2.24, 2.45) is 0 Å². The van der Waals surface area contributed by atoms with Crippen LogP contribution in [0.25, 0.3) is 9.64 Å². The Labute approximate surface area is 184 Å². The molecule has 0 unspecified atom stereocenters. The van der Waals surface area contributed by atoms with Crippen molar-refractivity contribution >= 4 is 15.3 Å². The van der Waals surface area contributed by atoms with Crippen molar-refractivity contribution < 1.29 is 55.1 Å². The summed E-state index contributed by atoms with van der Waals surface area (Å²) in [6.45, 7) is 8.77. The molecule has 2 aromatic carbocycles. The van der Waals surface area contributed by atoms with E-state index in [-0.39, 0.29) is 37.0 Å². The fourth-order valence-electron chi connectivity index (χ4n) is 3.23. The maximum absolute atomic E-state index is 9.08. The molecule has 1 aliphatic rings. The third-order valence-corrected chi connectivity index (χ3v) is 5.04. The number of benzene rings is 2. The molecule has 0 bridgehead atoms. The normalized spacial score (nSPS) is 13.1. The summed E-state index contributed by atoms with van der Waals surface area (Å²) in [6.07, 6.45) is 0. The van der Waals surface area contributed by atoms with Gasteiger partial charge in [-0.15, -0.1) is 0 Å². The number of nitrogens with one attached hydrogen (secondary N) is 1. The van der Waals surface area contributed by atoms with Crippen molar-refractivity contribution in [2.45, 2.75) is 33.2 Å². The number of fused-ring (bicyclic) bond motifs is 2. The summed E-state index contributed by atoms with van der Waals surface area (Å²) in [5.41, 5.74) is 2.28. The molecule has 0 aliphatic heterocycles. The molecule has 6 heteroatoms. The Bertz CT molecular complexity index is 1030. The minimum Gasteiger partial charge on any atom is -1.00 e. The molecular formula is C21H24Cl2NO2Ti. The molecular weight excluding hydrogens is 417 g/mol. The SMILES string of the molecule is CC(OCCO)=c1ccc2c(c1NC(C)(C)C)[C]([Ti+2])=c1ccccc1=2.[Cl-].[Cl-]. The minimum absolute atomic E-state index is 0. The van der Waals surface area contributed by atoms with E-state index in [2.05, 4.69) is 82.9 Å². The number of ether oxygens (including phenoxy) is 1. The van der Waals surface area contributed by atoms with Gasteiger partial charge in [-0.25, -0.2) is 0 Å². The first-order chi connectivity index (χ1) is 11.8. The van der Waals surface area contributed by atoms with Gasteiger partial charge in [-0.05, 0) is 0 Å². The smallest absolute Gasteiger partial charge is 1.00 e. The largest absolute Gasteiger partial charge is 1.00 e. The van der Waals surface area contributed by atoms with E-state index in [1.165, 1.54) is 25.1 Å². The fraction of sp³-hybridized carbons (Fsp3) is 0.333. The Balaban J connectivity index is 0.00000182. The molecule has 0 spiro atoms. The van der Waals surface area contributed by atoms with Crippen molar-refractivity contribution in [3.05, 3.63) is 62.8 Å². The van der Waals surface area contributed by atoms with Crippen molar-refractivity contribution in [3.8, 4) is 0 Å². The van der Waals surface area contributed by atoms with Gasteiger partial charge < -0.3 is 24.8 Å². The molecule has 0 radical (unpaired) electrons. The molecule has 1 aliphatic carbocycles. The van der Waals surface area contributed by atoms with E-state index in [9.17, 15) is 0 Å². The molecule has 0 saturated heterocycles. The van der Waals surface area contributed by atoms with Crippen LogP contribution in [0, 0.1) is 10.4 Å². The quantitative estimate of drug-likeness (QED) is 0.482. The van der Waals surface area contributed by atoms with Crippen LogP contribution in [0.2, 0.25) is 0 Å². The summed E-state index contributed by atoms with van der Waals surface area (Å²) in [5, 5.41) is 17.7. The minimum atomic E-state index is -0.0732. The average molecular weight is 441 g/mol. The van der Waals surface area contributed by atoms with Crippen molar-refractivity contribution in [2.75, 3.05) is 18.5 Å². The predicted octanol–water partition coefficient (Wildman–Crippen LogP) is -3.65. The van der Waals surface area contributed by atoms with Gasteiger partial charge >= 0.3 is 160 Å². The van der Waals surface area contributed by atoms with Gasteiger partial charge in [0, 0.05) is 0 Å². The second kappa shape index (κ2) is 9.49. The van der Waals surface area contributed by atoms with Gasteiger partial charge in [-0.3, -0.25) is 0 Å². The van der Waals surface area contributed by atoms with Gasteiger partial charge in [0.05, 0.1) is 0 Å². The number of aliphatic hydroxyl groups is 1. The molecule has 2 aromatic rings. The molecule has 2 N–H and O–H groups in total.